The third-order valence-electron chi connectivity index (χ3n) is 4.94. The van der Waals surface area contributed by atoms with Crippen LogP contribution in [0.4, 0.5) is 0 Å². The number of rotatable bonds is 4. The number of hydrogen-bond acceptors (Lipinski definition) is 2. The van der Waals surface area contributed by atoms with Gasteiger partial charge in [0.25, 0.3) is 0 Å². The second-order valence-electron chi connectivity index (χ2n) is 5.87. The fraction of sp³-hybridized carbons (Fsp3) is 1.00. The maximum Gasteiger partial charge on any atom is 0.0252 e. The Morgan fingerprint density at radius 1 is 0.941 bits per heavy atom. The maximum absolute atomic E-state index is 3.57. The Kier molecular flexibility index (Phi) is 5.30. The molecule has 0 aromatic rings. The van der Waals surface area contributed by atoms with E-state index in [2.05, 4.69) is 24.2 Å². The Morgan fingerprint density at radius 3 is 2.24 bits per heavy atom. The van der Waals surface area contributed by atoms with Gasteiger partial charge >= 0.3 is 0 Å². The van der Waals surface area contributed by atoms with Gasteiger partial charge in [-0.3, -0.25) is 4.90 Å². The van der Waals surface area contributed by atoms with E-state index in [1.165, 1.54) is 64.3 Å². The van der Waals surface area contributed by atoms with E-state index < -0.39 is 0 Å². The fourth-order valence-electron chi connectivity index (χ4n) is 4.02. The smallest absolute Gasteiger partial charge is 0.0252 e. The highest BCUT2D eigenvalue weighted by atomic mass is 15.2. The summed E-state index contributed by atoms with van der Waals surface area (Å²) in [6, 6.07) is 2.43. The van der Waals surface area contributed by atoms with Crippen molar-refractivity contribution in [2.75, 3.05) is 13.6 Å². The van der Waals surface area contributed by atoms with E-state index in [0.29, 0.717) is 0 Å². The zero-order chi connectivity index (χ0) is 12.1. The Labute approximate surface area is 107 Å². The molecule has 2 atom stereocenters. The van der Waals surface area contributed by atoms with Crippen molar-refractivity contribution in [1.29, 1.82) is 0 Å². The summed E-state index contributed by atoms with van der Waals surface area (Å²) in [5, 5.41) is 3.57. The second kappa shape index (κ2) is 6.75. The molecule has 2 heteroatoms. The van der Waals surface area contributed by atoms with Gasteiger partial charge < -0.3 is 5.32 Å². The molecule has 2 aliphatic carbocycles. The molecule has 2 nitrogen and oxygen atoms in total. The minimum absolute atomic E-state index is 0.741. The quantitative estimate of drug-likeness (QED) is 0.809. The predicted octanol–water partition coefficient (Wildman–Crippen LogP) is 3.17. The van der Waals surface area contributed by atoms with Crippen molar-refractivity contribution in [1.82, 2.24) is 10.2 Å². The Balaban J connectivity index is 1.99. The topological polar surface area (TPSA) is 15.3 Å². The van der Waals surface area contributed by atoms with Crippen LogP contribution in [0.25, 0.3) is 0 Å². The molecule has 2 rings (SSSR count). The molecule has 17 heavy (non-hydrogen) atoms. The van der Waals surface area contributed by atoms with Crippen LogP contribution in [-0.4, -0.2) is 36.6 Å². The molecule has 0 bridgehead atoms. The van der Waals surface area contributed by atoms with Crippen LogP contribution < -0.4 is 5.32 Å². The van der Waals surface area contributed by atoms with Crippen LogP contribution in [-0.2, 0) is 0 Å². The highest BCUT2D eigenvalue weighted by Crippen LogP contribution is 2.29. The number of nitrogens with zero attached hydrogens (tertiary/aromatic N) is 1. The van der Waals surface area contributed by atoms with Crippen molar-refractivity contribution in [2.24, 2.45) is 0 Å². The van der Waals surface area contributed by atoms with E-state index in [1.54, 1.807) is 0 Å². The molecule has 1 N–H and O–H groups in total. The molecule has 2 aliphatic rings. The van der Waals surface area contributed by atoms with Crippen molar-refractivity contribution in [3.05, 3.63) is 0 Å². The van der Waals surface area contributed by atoms with Gasteiger partial charge in [0.05, 0.1) is 0 Å². The van der Waals surface area contributed by atoms with Crippen molar-refractivity contribution in [3.8, 4) is 0 Å². The normalized spacial score (nSPS) is 31.9. The van der Waals surface area contributed by atoms with E-state index in [0.717, 1.165) is 18.1 Å². The molecular weight excluding hydrogens is 208 g/mol. The SMILES string of the molecule is CCN(C1CCCCC1)C1CCCCC1NC. The second-order valence-corrected chi connectivity index (χ2v) is 5.87. The van der Waals surface area contributed by atoms with Crippen LogP contribution in [0.15, 0.2) is 0 Å². The Morgan fingerprint density at radius 2 is 1.59 bits per heavy atom. The van der Waals surface area contributed by atoms with Gasteiger partial charge in [0, 0.05) is 18.1 Å². The van der Waals surface area contributed by atoms with E-state index in [1.807, 2.05) is 0 Å². The summed E-state index contributed by atoms with van der Waals surface area (Å²) in [6.45, 7) is 3.60. The molecule has 0 aromatic carbocycles. The lowest BCUT2D eigenvalue weighted by Gasteiger charge is -2.44. The monoisotopic (exact) mass is 238 g/mol. The first-order valence-corrected chi connectivity index (χ1v) is 7.79. The zero-order valence-corrected chi connectivity index (χ0v) is 11.8. The molecule has 2 fully saturated rings. The molecule has 2 saturated carbocycles. The summed E-state index contributed by atoms with van der Waals surface area (Å²) in [6.07, 6.45) is 12.9. The number of hydrogen-bond donors (Lipinski definition) is 1. The van der Waals surface area contributed by atoms with Crippen LogP contribution >= 0.6 is 0 Å². The largest absolute Gasteiger partial charge is 0.315 e. The van der Waals surface area contributed by atoms with E-state index in [-0.39, 0.29) is 0 Å². The predicted molar refractivity (Wildman–Crippen MR) is 74.4 cm³/mol. The summed E-state index contributed by atoms with van der Waals surface area (Å²) in [4.78, 5) is 2.83. The van der Waals surface area contributed by atoms with Gasteiger partial charge in [-0.05, 0) is 39.3 Å². The number of likely N-dealkylation sites (N-methyl/N-ethyl adjacent to an activating group) is 2. The summed E-state index contributed by atoms with van der Waals surface area (Å²) in [5.74, 6) is 0. The van der Waals surface area contributed by atoms with Crippen LogP contribution in [0.1, 0.15) is 64.7 Å². The minimum Gasteiger partial charge on any atom is -0.315 e. The molecule has 0 aromatic heterocycles. The molecule has 0 radical (unpaired) electrons. The first-order chi connectivity index (χ1) is 8.36. The Bertz CT molecular complexity index is 211. The van der Waals surface area contributed by atoms with Crippen LogP contribution in [0.3, 0.4) is 0 Å². The summed E-state index contributed by atoms with van der Waals surface area (Å²) < 4.78 is 0. The van der Waals surface area contributed by atoms with E-state index in [4.69, 9.17) is 0 Å². The van der Waals surface area contributed by atoms with Crippen molar-refractivity contribution >= 4 is 0 Å². The summed E-state index contributed by atoms with van der Waals surface area (Å²) >= 11 is 0. The van der Waals surface area contributed by atoms with Gasteiger partial charge in [-0.25, -0.2) is 0 Å². The highest BCUT2D eigenvalue weighted by molar-refractivity contribution is 4.90. The highest BCUT2D eigenvalue weighted by Gasteiger charge is 2.32. The maximum atomic E-state index is 3.57. The van der Waals surface area contributed by atoms with Crippen LogP contribution in [0, 0.1) is 0 Å². The molecule has 2 unspecified atom stereocenters. The lowest BCUT2D eigenvalue weighted by atomic mass is 9.86. The standard InChI is InChI=1S/C15H30N2/c1-3-17(13-9-5-4-6-10-13)15-12-8-7-11-14(15)16-2/h13-16H,3-12H2,1-2H3. The average molecular weight is 238 g/mol. The van der Waals surface area contributed by atoms with Crippen molar-refractivity contribution < 1.29 is 0 Å². The fourth-order valence-corrected chi connectivity index (χ4v) is 4.02. The zero-order valence-electron chi connectivity index (χ0n) is 11.8. The lowest BCUT2D eigenvalue weighted by Crippen LogP contribution is -2.54. The summed E-state index contributed by atoms with van der Waals surface area (Å²) in [5.41, 5.74) is 0. The van der Waals surface area contributed by atoms with Gasteiger partial charge in [-0.2, -0.15) is 0 Å². The van der Waals surface area contributed by atoms with Gasteiger partial charge in [-0.15, -0.1) is 0 Å². The first kappa shape index (κ1) is 13.4. The lowest BCUT2D eigenvalue weighted by molar-refractivity contribution is 0.0669. The first-order valence-electron chi connectivity index (χ1n) is 7.79. The van der Waals surface area contributed by atoms with E-state index in [9.17, 15) is 0 Å². The molecule has 100 valence electrons. The van der Waals surface area contributed by atoms with Crippen molar-refractivity contribution in [3.63, 3.8) is 0 Å². The third kappa shape index (κ3) is 3.23. The minimum atomic E-state index is 0.741. The molecular formula is C15H30N2. The van der Waals surface area contributed by atoms with Crippen LogP contribution in [0.5, 0.6) is 0 Å². The van der Waals surface area contributed by atoms with Crippen molar-refractivity contribution in [2.45, 2.75) is 82.8 Å². The number of nitrogens with one attached hydrogen (secondary N) is 1. The molecule has 0 aliphatic heterocycles. The van der Waals surface area contributed by atoms with Crippen LogP contribution in [0.2, 0.25) is 0 Å². The van der Waals surface area contributed by atoms with Gasteiger partial charge in [-0.1, -0.05) is 39.0 Å². The molecule has 0 spiro atoms. The van der Waals surface area contributed by atoms with E-state index >= 15 is 0 Å². The molecule has 0 saturated heterocycles. The summed E-state index contributed by atoms with van der Waals surface area (Å²) in [7, 11) is 2.15. The third-order valence-corrected chi connectivity index (χ3v) is 4.94. The Hall–Kier alpha value is -0.0800. The van der Waals surface area contributed by atoms with Gasteiger partial charge in [0.15, 0.2) is 0 Å². The molecule has 0 amide bonds. The van der Waals surface area contributed by atoms with Gasteiger partial charge in [0.1, 0.15) is 0 Å². The average Bonchev–Trinajstić information content (AvgIpc) is 2.41. The molecule has 0 heterocycles. The van der Waals surface area contributed by atoms with Gasteiger partial charge in [0.2, 0.25) is 0 Å².